The van der Waals surface area contributed by atoms with Gasteiger partial charge in [0.2, 0.25) is 11.7 Å². The van der Waals surface area contributed by atoms with Crippen molar-refractivity contribution in [3.8, 4) is 5.75 Å². The fourth-order valence-electron chi connectivity index (χ4n) is 1.90. The van der Waals surface area contributed by atoms with Crippen molar-refractivity contribution in [3.05, 3.63) is 53.5 Å². The molecule has 0 radical (unpaired) electrons. The van der Waals surface area contributed by atoms with E-state index in [9.17, 15) is 9.59 Å². The number of esters is 1. The predicted molar refractivity (Wildman–Crippen MR) is 86.3 cm³/mol. The molecule has 0 spiro atoms. The summed E-state index contributed by atoms with van der Waals surface area (Å²) in [6.07, 6.45) is 0. The van der Waals surface area contributed by atoms with Crippen molar-refractivity contribution in [2.75, 3.05) is 7.11 Å². The van der Waals surface area contributed by atoms with E-state index in [1.165, 1.54) is 7.11 Å². The number of carbonyl (C=O) groups is 2. The maximum Gasteiger partial charge on any atom is 0.373 e. The van der Waals surface area contributed by atoms with E-state index in [1.54, 1.807) is 19.1 Å². The molecule has 1 heterocycles. The van der Waals surface area contributed by atoms with Crippen molar-refractivity contribution in [1.82, 2.24) is 5.32 Å². The lowest BCUT2D eigenvalue weighted by Crippen LogP contribution is -2.38. The van der Waals surface area contributed by atoms with E-state index in [4.69, 9.17) is 14.9 Å². The van der Waals surface area contributed by atoms with Crippen LogP contribution in [0.15, 0.2) is 40.8 Å². The third-order valence-electron chi connectivity index (χ3n) is 3.39. The Labute approximate surface area is 139 Å². The van der Waals surface area contributed by atoms with Crippen LogP contribution >= 0.6 is 0 Å². The van der Waals surface area contributed by atoms with Gasteiger partial charge in [0.05, 0.1) is 13.2 Å². The number of hydrogen-bond acceptors (Lipinski definition) is 6. The maximum atomic E-state index is 11.3. The highest BCUT2D eigenvalue weighted by molar-refractivity contribution is 5.86. The van der Waals surface area contributed by atoms with Crippen molar-refractivity contribution >= 4 is 11.9 Å². The van der Waals surface area contributed by atoms with Crippen LogP contribution in [0, 0.1) is 0 Å². The van der Waals surface area contributed by atoms with Crippen LogP contribution in [0.25, 0.3) is 0 Å². The van der Waals surface area contributed by atoms with E-state index >= 15 is 0 Å². The molecule has 0 unspecified atom stereocenters. The molecular weight excluding hydrogens is 312 g/mol. The third-order valence-corrected chi connectivity index (χ3v) is 3.39. The minimum Gasteiger partial charge on any atom is -0.486 e. The molecule has 7 nitrogen and oxygen atoms in total. The van der Waals surface area contributed by atoms with Crippen LogP contribution in [0.1, 0.15) is 28.8 Å². The zero-order valence-electron chi connectivity index (χ0n) is 13.6. The van der Waals surface area contributed by atoms with Crippen molar-refractivity contribution < 1.29 is 23.5 Å². The summed E-state index contributed by atoms with van der Waals surface area (Å²) in [5.41, 5.74) is 6.19. The molecule has 7 heteroatoms. The summed E-state index contributed by atoms with van der Waals surface area (Å²) in [6, 6.07) is 10.2. The summed E-state index contributed by atoms with van der Waals surface area (Å²) in [5.74, 6) is 0.415. The van der Waals surface area contributed by atoms with Crippen LogP contribution in [0.4, 0.5) is 0 Å². The molecule has 128 valence electrons. The Kier molecular flexibility index (Phi) is 5.97. The summed E-state index contributed by atoms with van der Waals surface area (Å²) in [7, 11) is 1.29. The van der Waals surface area contributed by atoms with Crippen LogP contribution in [0.2, 0.25) is 0 Å². The quantitative estimate of drug-likeness (QED) is 0.712. The molecule has 0 aliphatic heterocycles. The first-order valence-corrected chi connectivity index (χ1v) is 7.41. The van der Waals surface area contributed by atoms with Crippen LogP contribution in [-0.4, -0.2) is 25.0 Å². The lowest BCUT2D eigenvalue weighted by molar-refractivity contribution is -0.119. The van der Waals surface area contributed by atoms with Gasteiger partial charge in [-0.3, -0.25) is 4.79 Å². The number of amides is 1. The first-order chi connectivity index (χ1) is 11.5. The monoisotopic (exact) mass is 332 g/mol. The fourth-order valence-corrected chi connectivity index (χ4v) is 1.90. The predicted octanol–water partition coefficient (Wildman–Crippen LogP) is 1.61. The number of benzene rings is 1. The Hall–Kier alpha value is -2.80. The molecule has 0 aliphatic carbocycles. The van der Waals surface area contributed by atoms with Crippen molar-refractivity contribution in [2.45, 2.75) is 26.1 Å². The number of nitrogens with two attached hydrogens (primary N) is 1. The highest BCUT2D eigenvalue weighted by Gasteiger charge is 2.11. The summed E-state index contributed by atoms with van der Waals surface area (Å²) >= 11 is 0. The molecule has 0 aliphatic rings. The van der Waals surface area contributed by atoms with Gasteiger partial charge in [-0.15, -0.1) is 0 Å². The van der Waals surface area contributed by atoms with Gasteiger partial charge in [0.1, 0.15) is 18.1 Å². The summed E-state index contributed by atoms with van der Waals surface area (Å²) in [5, 5.41) is 3.02. The Balaban J connectivity index is 1.84. The summed E-state index contributed by atoms with van der Waals surface area (Å²) < 4.78 is 15.5. The molecule has 1 atom stereocenters. The normalized spacial score (nSPS) is 11.8. The molecule has 2 rings (SSSR count). The molecule has 0 bridgehead atoms. The second-order valence-electron chi connectivity index (χ2n) is 5.20. The molecule has 1 aromatic heterocycles. The maximum absolute atomic E-state index is 11.3. The number of ether oxygens (including phenoxy) is 2. The van der Waals surface area contributed by atoms with E-state index in [0.717, 1.165) is 5.56 Å². The van der Waals surface area contributed by atoms with Crippen LogP contribution in [0.3, 0.4) is 0 Å². The van der Waals surface area contributed by atoms with Crippen molar-refractivity contribution in [1.29, 1.82) is 0 Å². The van der Waals surface area contributed by atoms with Gasteiger partial charge < -0.3 is 24.9 Å². The number of carbonyl (C=O) groups excluding carboxylic acids is 2. The standard InChI is InChI=1S/C17H20N2O5/c1-11(16(18)20)19-9-12-3-5-13(6-4-12)23-10-14-7-8-15(24-14)17(21)22-2/h3-8,11,19H,9-10H2,1-2H3,(H2,18,20)/t11-/m0/s1. The average Bonchev–Trinajstić information content (AvgIpc) is 3.07. The van der Waals surface area contributed by atoms with Gasteiger partial charge >= 0.3 is 5.97 Å². The minimum atomic E-state index is -0.525. The molecule has 1 amide bonds. The first-order valence-electron chi connectivity index (χ1n) is 7.41. The highest BCUT2D eigenvalue weighted by Crippen LogP contribution is 2.16. The van der Waals surface area contributed by atoms with Crippen LogP contribution in [-0.2, 0) is 22.7 Å². The molecule has 1 aromatic carbocycles. The fraction of sp³-hybridized carbons (Fsp3) is 0.294. The summed E-state index contributed by atoms with van der Waals surface area (Å²) in [4.78, 5) is 22.3. The van der Waals surface area contributed by atoms with Crippen LogP contribution in [0.5, 0.6) is 5.75 Å². The Bertz CT molecular complexity index is 693. The molecule has 3 N–H and O–H groups in total. The Morgan fingerprint density at radius 3 is 2.54 bits per heavy atom. The number of hydrogen-bond donors (Lipinski definition) is 2. The number of rotatable bonds is 8. The molecule has 0 fully saturated rings. The Morgan fingerprint density at radius 1 is 1.21 bits per heavy atom. The zero-order chi connectivity index (χ0) is 17.5. The van der Waals surface area contributed by atoms with Gasteiger partial charge in [-0.25, -0.2) is 4.79 Å². The summed E-state index contributed by atoms with van der Waals surface area (Å²) in [6.45, 7) is 2.45. The second-order valence-corrected chi connectivity index (χ2v) is 5.20. The smallest absolute Gasteiger partial charge is 0.373 e. The number of nitrogens with one attached hydrogen (secondary N) is 1. The first kappa shape index (κ1) is 17.6. The molecular formula is C17H20N2O5. The van der Waals surface area contributed by atoms with Crippen molar-refractivity contribution in [3.63, 3.8) is 0 Å². The minimum absolute atomic E-state index is 0.140. The number of furan rings is 1. The largest absolute Gasteiger partial charge is 0.486 e. The molecule has 24 heavy (non-hydrogen) atoms. The molecule has 0 saturated carbocycles. The van der Waals surface area contributed by atoms with E-state index in [-0.39, 0.29) is 24.3 Å². The van der Waals surface area contributed by atoms with E-state index < -0.39 is 5.97 Å². The molecule has 0 saturated heterocycles. The van der Waals surface area contributed by atoms with Gasteiger partial charge in [-0.2, -0.15) is 0 Å². The lowest BCUT2D eigenvalue weighted by atomic mass is 10.2. The second kappa shape index (κ2) is 8.16. The lowest BCUT2D eigenvalue weighted by Gasteiger charge is -2.10. The van der Waals surface area contributed by atoms with Gasteiger partial charge in [-0.05, 0) is 36.8 Å². The molecule has 2 aromatic rings. The van der Waals surface area contributed by atoms with Gasteiger partial charge in [0.15, 0.2) is 0 Å². The third kappa shape index (κ3) is 4.85. The SMILES string of the molecule is COC(=O)c1ccc(COc2ccc(CN[C@@H](C)C(N)=O)cc2)o1. The number of primary amides is 1. The average molecular weight is 332 g/mol. The van der Waals surface area contributed by atoms with Crippen molar-refractivity contribution in [2.24, 2.45) is 5.73 Å². The van der Waals surface area contributed by atoms with Gasteiger partial charge in [-0.1, -0.05) is 12.1 Å². The zero-order valence-corrected chi connectivity index (χ0v) is 13.6. The van der Waals surface area contributed by atoms with Gasteiger partial charge in [0, 0.05) is 6.54 Å². The van der Waals surface area contributed by atoms with E-state index in [2.05, 4.69) is 10.1 Å². The van der Waals surface area contributed by atoms with E-state index in [1.807, 2.05) is 24.3 Å². The van der Waals surface area contributed by atoms with Gasteiger partial charge in [0.25, 0.3) is 0 Å². The highest BCUT2D eigenvalue weighted by atomic mass is 16.5. The topological polar surface area (TPSA) is 104 Å². The number of methoxy groups -OCH3 is 1. The van der Waals surface area contributed by atoms with E-state index in [0.29, 0.717) is 18.1 Å². The Morgan fingerprint density at radius 2 is 1.92 bits per heavy atom. The van der Waals surface area contributed by atoms with Crippen LogP contribution < -0.4 is 15.8 Å².